The van der Waals surface area contributed by atoms with Gasteiger partial charge < -0.3 is 9.88 Å². The molecule has 1 aromatic heterocycles. The lowest BCUT2D eigenvalue weighted by Gasteiger charge is -2.17. The summed E-state index contributed by atoms with van der Waals surface area (Å²) in [5, 5.41) is 2.79. The molecule has 2 heterocycles. The molecule has 23 heavy (non-hydrogen) atoms. The summed E-state index contributed by atoms with van der Waals surface area (Å²) >= 11 is 0. The Hall–Kier alpha value is -2.37. The van der Waals surface area contributed by atoms with Crippen LogP contribution >= 0.6 is 0 Å². The zero-order chi connectivity index (χ0) is 16.4. The van der Waals surface area contributed by atoms with Crippen molar-refractivity contribution in [2.45, 2.75) is 26.7 Å². The van der Waals surface area contributed by atoms with Crippen LogP contribution in [0, 0.1) is 11.8 Å². The highest BCUT2D eigenvalue weighted by Gasteiger charge is 2.34. The Morgan fingerprint density at radius 2 is 2.22 bits per heavy atom. The summed E-state index contributed by atoms with van der Waals surface area (Å²) in [4.78, 5) is 33.6. The lowest BCUT2D eigenvalue weighted by atomic mass is 10.1. The van der Waals surface area contributed by atoms with Gasteiger partial charge in [-0.15, -0.1) is 0 Å². The normalized spacial score (nSPS) is 18.1. The minimum absolute atomic E-state index is 0.0652. The van der Waals surface area contributed by atoms with Crippen molar-refractivity contribution < 1.29 is 9.59 Å². The molecule has 1 aliphatic heterocycles. The summed E-state index contributed by atoms with van der Waals surface area (Å²) < 4.78 is 0. The summed E-state index contributed by atoms with van der Waals surface area (Å²) in [5.74, 6) is 0.596. The Morgan fingerprint density at radius 1 is 1.43 bits per heavy atom. The molecule has 6 nitrogen and oxygen atoms in total. The van der Waals surface area contributed by atoms with Gasteiger partial charge in [0.05, 0.1) is 17.0 Å². The Labute approximate surface area is 135 Å². The fourth-order valence-electron chi connectivity index (χ4n) is 2.81. The minimum Gasteiger partial charge on any atom is -0.342 e. The number of benzene rings is 1. The van der Waals surface area contributed by atoms with E-state index in [1.807, 2.05) is 24.3 Å². The Kier molecular flexibility index (Phi) is 4.32. The summed E-state index contributed by atoms with van der Waals surface area (Å²) in [6, 6.07) is 7.60. The van der Waals surface area contributed by atoms with Gasteiger partial charge in [-0.3, -0.25) is 14.9 Å². The van der Waals surface area contributed by atoms with E-state index >= 15 is 0 Å². The molecule has 0 spiro atoms. The summed E-state index contributed by atoms with van der Waals surface area (Å²) in [6.07, 6.45) is 1.24. The number of amides is 2. The number of H-pyrrole nitrogens is 1. The molecule has 1 aliphatic rings. The van der Waals surface area contributed by atoms with Crippen molar-refractivity contribution in [2.75, 3.05) is 18.4 Å². The Morgan fingerprint density at radius 3 is 2.96 bits per heavy atom. The zero-order valence-corrected chi connectivity index (χ0v) is 13.5. The van der Waals surface area contributed by atoms with Crippen LogP contribution in [-0.2, 0) is 9.59 Å². The minimum atomic E-state index is -0.303. The van der Waals surface area contributed by atoms with Crippen LogP contribution in [0.1, 0.15) is 26.7 Å². The highest BCUT2D eigenvalue weighted by molar-refractivity contribution is 5.97. The average molecular weight is 314 g/mol. The van der Waals surface area contributed by atoms with Gasteiger partial charge in [-0.2, -0.15) is 0 Å². The molecule has 0 saturated carbocycles. The smallest absolute Gasteiger partial charge is 0.232 e. The van der Waals surface area contributed by atoms with Crippen molar-refractivity contribution >= 4 is 28.8 Å². The van der Waals surface area contributed by atoms with E-state index in [4.69, 9.17) is 0 Å². The van der Waals surface area contributed by atoms with Crippen LogP contribution in [0.5, 0.6) is 0 Å². The van der Waals surface area contributed by atoms with Gasteiger partial charge in [0.2, 0.25) is 17.8 Å². The number of hydrogen-bond acceptors (Lipinski definition) is 3. The fourth-order valence-corrected chi connectivity index (χ4v) is 2.81. The standard InChI is InChI=1S/C17H22N4O2/c1-11(2)7-8-21-10-12(9-15(21)22)16(23)20-17-18-13-5-3-4-6-14(13)19-17/h3-6,11-12H,7-10H2,1-2H3,(H2,18,19,20,23)/t12-/m0/s1. The molecule has 2 amide bonds. The molecule has 122 valence electrons. The second-order valence-electron chi connectivity index (χ2n) is 6.52. The lowest BCUT2D eigenvalue weighted by molar-refractivity contribution is -0.128. The van der Waals surface area contributed by atoms with Gasteiger partial charge in [-0.1, -0.05) is 26.0 Å². The topological polar surface area (TPSA) is 78.1 Å². The van der Waals surface area contributed by atoms with Crippen LogP contribution in [0.3, 0.4) is 0 Å². The fraction of sp³-hybridized carbons (Fsp3) is 0.471. The number of fused-ring (bicyclic) bond motifs is 1. The van der Waals surface area contributed by atoms with Crippen LogP contribution in [0.25, 0.3) is 11.0 Å². The van der Waals surface area contributed by atoms with Crippen LogP contribution in [0.2, 0.25) is 0 Å². The average Bonchev–Trinajstić information content (AvgIpc) is 3.07. The van der Waals surface area contributed by atoms with Crippen LogP contribution < -0.4 is 5.32 Å². The number of nitrogens with zero attached hydrogens (tertiary/aromatic N) is 2. The third-order valence-electron chi connectivity index (χ3n) is 4.19. The number of nitrogens with one attached hydrogen (secondary N) is 2. The SMILES string of the molecule is CC(C)CCN1C[C@@H](C(=O)Nc2nc3ccccc3[nH]2)CC1=O. The summed E-state index contributed by atoms with van der Waals surface area (Å²) in [7, 11) is 0. The third-order valence-corrected chi connectivity index (χ3v) is 4.19. The summed E-state index contributed by atoms with van der Waals surface area (Å²) in [5.41, 5.74) is 1.69. The third kappa shape index (κ3) is 3.52. The molecule has 0 radical (unpaired) electrons. The molecule has 3 rings (SSSR count). The van der Waals surface area contributed by atoms with Crippen molar-refractivity contribution in [1.29, 1.82) is 0 Å². The van der Waals surface area contributed by atoms with Gasteiger partial charge in [-0.25, -0.2) is 4.98 Å². The number of anilines is 1. The quantitative estimate of drug-likeness (QED) is 0.889. The first kappa shape index (κ1) is 15.5. The maximum Gasteiger partial charge on any atom is 0.232 e. The van der Waals surface area contributed by atoms with Gasteiger partial charge in [0.25, 0.3) is 0 Å². The number of aromatic nitrogens is 2. The van der Waals surface area contributed by atoms with E-state index in [9.17, 15) is 9.59 Å². The van der Waals surface area contributed by atoms with E-state index in [1.165, 1.54) is 0 Å². The van der Waals surface area contributed by atoms with Crippen LogP contribution in [-0.4, -0.2) is 39.8 Å². The number of hydrogen-bond donors (Lipinski definition) is 2. The largest absolute Gasteiger partial charge is 0.342 e. The second-order valence-corrected chi connectivity index (χ2v) is 6.52. The molecule has 2 N–H and O–H groups in total. The molecular formula is C17H22N4O2. The first-order valence-corrected chi connectivity index (χ1v) is 8.06. The number of para-hydroxylation sites is 2. The van der Waals surface area contributed by atoms with Crippen molar-refractivity contribution in [3.8, 4) is 0 Å². The predicted molar refractivity (Wildman–Crippen MR) is 88.9 cm³/mol. The molecule has 1 fully saturated rings. The van der Waals surface area contributed by atoms with E-state index in [-0.39, 0.29) is 24.2 Å². The number of imidazole rings is 1. The predicted octanol–water partition coefficient (Wildman–Crippen LogP) is 2.40. The van der Waals surface area contributed by atoms with E-state index in [2.05, 4.69) is 29.1 Å². The van der Waals surface area contributed by atoms with E-state index in [0.717, 1.165) is 24.0 Å². The maximum absolute atomic E-state index is 12.4. The molecule has 1 atom stereocenters. The van der Waals surface area contributed by atoms with E-state index in [0.29, 0.717) is 18.4 Å². The zero-order valence-electron chi connectivity index (χ0n) is 13.5. The molecule has 0 aliphatic carbocycles. The highest BCUT2D eigenvalue weighted by atomic mass is 16.2. The molecule has 0 unspecified atom stereocenters. The Balaban J connectivity index is 1.61. The monoisotopic (exact) mass is 314 g/mol. The number of carbonyl (C=O) groups excluding carboxylic acids is 2. The number of rotatable bonds is 5. The molecule has 0 bridgehead atoms. The van der Waals surface area contributed by atoms with Crippen molar-refractivity contribution in [3.63, 3.8) is 0 Å². The molecule has 2 aromatic rings. The van der Waals surface area contributed by atoms with E-state index in [1.54, 1.807) is 4.90 Å². The molecule has 6 heteroatoms. The van der Waals surface area contributed by atoms with Gasteiger partial charge >= 0.3 is 0 Å². The number of likely N-dealkylation sites (tertiary alicyclic amines) is 1. The van der Waals surface area contributed by atoms with E-state index < -0.39 is 0 Å². The maximum atomic E-state index is 12.4. The van der Waals surface area contributed by atoms with Crippen LogP contribution in [0.4, 0.5) is 5.95 Å². The van der Waals surface area contributed by atoms with Gasteiger partial charge in [0.15, 0.2) is 0 Å². The Bertz CT molecular complexity index is 689. The number of carbonyl (C=O) groups is 2. The highest BCUT2D eigenvalue weighted by Crippen LogP contribution is 2.21. The molecular weight excluding hydrogens is 292 g/mol. The number of aromatic amines is 1. The van der Waals surface area contributed by atoms with Gasteiger partial charge in [-0.05, 0) is 24.5 Å². The molecule has 1 saturated heterocycles. The van der Waals surface area contributed by atoms with Gasteiger partial charge in [0.1, 0.15) is 0 Å². The van der Waals surface area contributed by atoms with Crippen molar-refractivity contribution in [2.24, 2.45) is 11.8 Å². The first-order chi connectivity index (χ1) is 11.0. The molecule has 1 aromatic carbocycles. The van der Waals surface area contributed by atoms with Gasteiger partial charge in [0, 0.05) is 19.5 Å². The summed E-state index contributed by atoms with van der Waals surface area (Å²) in [6.45, 7) is 5.49. The van der Waals surface area contributed by atoms with Crippen molar-refractivity contribution in [1.82, 2.24) is 14.9 Å². The first-order valence-electron chi connectivity index (χ1n) is 8.06. The second kappa shape index (κ2) is 6.40. The van der Waals surface area contributed by atoms with Crippen LogP contribution in [0.15, 0.2) is 24.3 Å². The lowest BCUT2D eigenvalue weighted by Crippen LogP contribution is -2.29. The van der Waals surface area contributed by atoms with Crippen molar-refractivity contribution in [3.05, 3.63) is 24.3 Å².